The number of thiophene rings is 1. The summed E-state index contributed by atoms with van der Waals surface area (Å²) in [7, 11) is 1.68. The summed E-state index contributed by atoms with van der Waals surface area (Å²) in [6, 6.07) is 8.09. The van der Waals surface area contributed by atoms with Gasteiger partial charge in [-0.25, -0.2) is 0 Å². The van der Waals surface area contributed by atoms with Crippen molar-refractivity contribution in [2.45, 2.75) is 13.5 Å². The van der Waals surface area contributed by atoms with Crippen molar-refractivity contribution < 1.29 is 4.74 Å². The molecule has 96 valence electrons. The Bertz CT molecular complexity index is 534. The van der Waals surface area contributed by atoms with Crippen LogP contribution in [0, 0.1) is 6.92 Å². The lowest BCUT2D eigenvalue weighted by atomic mass is 10.3. The molecule has 0 spiro atoms. The van der Waals surface area contributed by atoms with Crippen LogP contribution in [0.4, 0.5) is 5.69 Å². The monoisotopic (exact) mass is 389 g/mol. The van der Waals surface area contributed by atoms with Crippen LogP contribution < -0.4 is 10.1 Å². The van der Waals surface area contributed by atoms with E-state index in [9.17, 15) is 0 Å². The first kappa shape index (κ1) is 13.9. The number of nitrogens with one attached hydrogen (secondary N) is 1. The van der Waals surface area contributed by atoms with Crippen LogP contribution in [0.3, 0.4) is 0 Å². The van der Waals surface area contributed by atoms with Gasteiger partial charge in [0.25, 0.3) is 0 Å². The van der Waals surface area contributed by atoms with E-state index in [4.69, 9.17) is 4.74 Å². The molecule has 0 amide bonds. The molecular formula is C13H13Br2NOS. The highest BCUT2D eigenvalue weighted by atomic mass is 79.9. The Hall–Kier alpha value is -0.520. The number of ether oxygens (including phenoxy) is 1. The van der Waals surface area contributed by atoms with Crippen LogP contribution in [0.15, 0.2) is 33.2 Å². The molecule has 0 atom stereocenters. The van der Waals surface area contributed by atoms with Gasteiger partial charge in [-0.05, 0) is 47.1 Å². The van der Waals surface area contributed by atoms with Gasteiger partial charge >= 0.3 is 0 Å². The van der Waals surface area contributed by atoms with Crippen molar-refractivity contribution in [3.05, 3.63) is 43.0 Å². The zero-order valence-electron chi connectivity index (χ0n) is 10.1. The van der Waals surface area contributed by atoms with Crippen molar-refractivity contribution >= 4 is 48.9 Å². The molecule has 1 heterocycles. The van der Waals surface area contributed by atoms with Gasteiger partial charge in [-0.1, -0.05) is 15.9 Å². The Kier molecular flexibility index (Phi) is 4.70. The second kappa shape index (κ2) is 6.08. The maximum Gasteiger partial charge on any atom is 0.142 e. The molecule has 0 aliphatic heterocycles. The molecule has 18 heavy (non-hydrogen) atoms. The van der Waals surface area contributed by atoms with Gasteiger partial charge in [0, 0.05) is 25.2 Å². The fourth-order valence-corrected chi connectivity index (χ4v) is 3.51. The molecule has 0 aliphatic rings. The first-order valence-corrected chi connectivity index (χ1v) is 7.82. The number of halogens is 2. The second-order valence-electron chi connectivity index (χ2n) is 3.81. The van der Waals surface area contributed by atoms with Gasteiger partial charge in [-0.3, -0.25) is 0 Å². The summed E-state index contributed by atoms with van der Waals surface area (Å²) in [5.41, 5.74) is 0.994. The molecule has 0 radical (unpaired) electrons. The maximum absolute atomic E-state index is 5.33. The van der Waals surface area contributed by atoms with Gasteiger partial charge in [0.15, 0.2) is 0 Å². The third-order valence-electron chi connectivity index (χ3n) is 2.52. The summed E-state index contributed by atoms with van der Waals surface area (Å²) >= 11 is 8.79. The van der Waals surface area contributed by atoms with E-state index >= 15 is 0 Å². The zero-order valence-corrected chi connectivity index (χ0v) is 14.1. The Labute approximate surface area is 128 Å². The van der Waals surface area contributed by atoms with Crippen molar-refractivity contribution in [1.29, 1.82) is 0 Å². The lowest BCUT2D eigenvalue weighted by Gasteiger charge is -2.10. The zero-order chi connectivity index (χ0) is 13.1. The molecule has 2 rings (SSSR count). The topological polar surface area (TPSA) is 21.3 Å². The quantitative estimate of drug-likeness (QED) is 0.774. The minimum absolute atomic E-state index is 0.796. The van der Waals surface area contributed by atoms with Crippen LogP contribution in [0.25, 0.3) is 0 Å². The molecule has 0 saturated carbocycles. The number of hydrogen-bond donors (Lipinski definition) is 1. The van der Waals surface area contributed by atoms with Crippen molar-refractivity contribution in [3.8, 4) is 5.75 Å². The molecule has 2 nitrogen and oxygen atoms in total. The summed E-state index contributed by atoms with van der Waals surface area (Å²) in [5, 5.41) is 3.40. The van der Waals surface area contributed by atoms with Gasteiger partial charge in [0.05, 0.1) is 12.8 Å². The Morgan fingerprint density at radius 3 is 2.67 bits per heavy atom. The van der Waals surface area contributed by atoms with Crippen molar-refractivity contribution in [2.24, 2.45) is 0 Å². The Balaban J connectivity index is 2.12. The maximum atomic E-state index is 5.33. The average Bonchev–Trinajstić information content (AvgIpc) is 2.66. The van der Waals surface area contributed by atoms with Crippen LogP contribution in [-0.4, -0.2) is 7.11 Å². The molecule has 5 heteroatoms. The molecule has 1 aromatic heterocycles. The van der Waals surface area contributed by atoms with Gasteiger partial charge in [0.1, 0.15) is 5.75 Å². The SMILES string of the molecule is COc1ccc(Br)cc1NCc1cc(Br)c(C)s1. The number of aryl methyl sites for hydroxylation is 1. The van der Waals surface area contributed by atoms with Crippen LogP contribution in [-0.2, 0) is 6.54 Å². The van der Waals surface area contributed by atoms with Crippen LogP contribution in [0.5, 0.6) is 5.75 Å². The fraction of sp³-hybridized carbons (Fsp3) is 0.231. The predicted octanol–water partition coefficient (Wildman–Crippen LogP) is 5.20. The molecule has 1 N–H and O–H groups in total. The third-order valence-corrected chi connectivity index (χ3v) is 5.15. The Morgan fingerprint density at radius 2 is 2.06 bits per heavy atom. The number of rotatable bonds is 4. The van der Waals surface area contributed by atoms with E-state index in [1.54, 1.807) is 18.4 Å². The molecule has 0 aliphatic carbocycles. The standard InChI is InChI=1S/C13H13Br2NOS/c1-8-11(15)6-10(18-8)7-16-12-5-9(14)3-4-13(12)17-2/h3-6,16H,7H2,1-2H3. The van der Waals surface area contributed by atoms with Crippen molar-refractivity contribution in [2.75, 3.05) is 12.4 Å². The highest BCUT2D eigenvalue weighted by Crippen LogP contribution is 2.30. The van der Waals surface area contributed by atoms with E-state index in [0.29, 0.717) is 0 Å². The second-order valence-corrected chi connectivity index (χ2v) is 6.93. The van der Waals surface area contributed by atoms with E-state index in [2.05, 4.69) is 50.2 Å². The van der Waals surface area contributed by atoms with Gasteiger partial charge in [-0.15, -0.1) is 11.3 Å². The highest BCUT2D eigenvalue weighted by molar-refractivity contribution is 9.10. The van der Waals surface area contributed by atoms with E-state index in [0.717, 1.165) is 22.5 Å². The largest absolute Gasteiger partial charge is 0.495 e. The summed E-state index contributed by atoms with van der Waals surface area (Å²) < 4.78 is 7.54. The number of hydrogen-bond acceptors (Lipinski definition) is 3. The normalized spacial score (nSPS) is 10.4. The fourth-order valence-electron chi connectivity index (χ4n) is 1.61. The third kappa shape index (κ3) is 3.28. The molecule has 0 bridgehead atoms. The van der Waals surface area contributed by atoms with Gasteiger partial charge in [-0.2, -0.15) is 0 Å². The average molecular weight is 391 g/mol. The first-order chi connectivity index (χ1) is 8.60. The number of methoxy groups -OCH3 is 1. The molecular weight excluding hydrogens is 378 g/mol. The molecule has 0 fully saturated rings. The smallest absolute Gasteiger partial charge is 0.142 e. The molecule has 0 unspecified atom stereocenters. The summed E-state index contributed by atoms with van der Waals surface area (Å²) in [4.78, 5) is 2.59. The Morgan fingerprint density at radius 1 is 1.28 bits per heavy atom. The molecule has 2 aromatic rings. The van der Waals surface area contributed by atoms with Crippen LogP contribution in [0.2, 0.25) is 0 Å². The molecule has 0 saturated heterocycles. The highest BCUT2D eigenvalue weighted by Gasteiger charge is 2.06. The minimum Gasteiger partial charge on any atom is -0.495 e. The minimum atomic E-state index is 0.796. The summed E-state index contributed by atoms with van der Waals surface area (Å²) in [5.74, 6) is 0.852. The lowest BCUT2D eigenvalue weighted by Crippen LogP contribution is -1.99. The van der Waals surface area contributed by atoms with E-state index in [1.165, 1.54) is 14.2 Å². The summed E-state index contributed by atoms with van der Waals surface area (Å²) in [6.07, 6.45) is 0. The first-order valence-electron chi connectivity index (χ1n) is 5.42. The number of anilines is 1. The lowest BCUT2D eigenvalue weighted by molar-refractivity contribution is 0.416. The van der Waals surface area contributed by atoms with Gasteiger partial charge < -0.3 is 10.1 Å². The van der Waals surface area contributed by atoms with Crippen LogP contribution in [0.1, 0.15) is 9.75 Å². The van der Waals surface area contributed by atoms with Crippen LogP contribution >= 0.6 is 43.2 Å². The van der Waals surface area contributed by atoms with E-state index in [-0.39, 0.29) is 0 Å². The predicted molar refractivity (Wildman–Crippen MR) is 84.8 cm³/mol. The van der Waals surface area contributed by atoms with E-state index in [1.807, 2.05) is 18.2 Å². The van der Waals surface area contributed by atoms with Crippen molar-refractivity contribution in [1.82, 2.24) is 0 Å². The molecule has 1 aromatic carbocycles. The number of benzene rings is 1. The summed E-state index contributed by atoms with van der Waals surface area (Å²) in [6.45, 7) is 2.90. The van der Waals surface area contributed by atoms with E-state index < -0.39 is 0 Å². The van der Waals surface area contributed by atoms with Crippen molar-refractivity contribution in [3.63, 3.8) is 0 Å². The van der Waals surface area contributed by atoms with Gasteiger partial charge in [0.2, 0.25) is 0 Å².